The van der Waals surface area contributed by atoms with Crippen molar-refractivity contribution in [2.24, 2.45) is 5.14 Å². The molecule has 0 unspecified atom stereocenters. The normalized spacial score (nSPS) is 15.1. The van der Waals surface area contributed by atoms with Gasteiger partial charge >= 0.3 is 0 Å². The minimum atomic E-state index is -3.77. The summed E-state index contributed by atoms with van der Waals surface area (Å²) in [7, 11) is -3.77. The molecule has 28 heavy (non-hydrogen) atoms. The molecular weight excluding hydrogens is 378 g/mol. The molecule has 3 aromatic rings. The van der Waals surface area contributed by atoms with E-state index in [9.17, 15) is 8.42 Å². The first-order valence-corrected chi connectivity index (χ1v) is 10.4. The standard InChI is InChI=1S/C18H21N7O2S/c1-14-21-6-7-25(14)18-13-20-12-17(22-18)24-10-8-23(9-11-24)15-4-2-3-5-16(15)28(19,26)27/h2-7,12-13H,8-11H2,1H3,(H2,19,26,27). The maximum Gasteiger partial charge on any atom is 0.240 e. The number of imidazole rings is 1. The Labute approximate surface area is 163 Å². The van der Waals surface area contributed by atoms with E-state index < -0.39 is 10.0 Å². The molecule has 0 atom stereocenters. The van der Waals surface area contributed by atoms with Gasteiger partial charge in [0.25, 0.3) is 0 Å². The van der Waals surface area contributed by atoms with Gasteiger partial charge in [0.15, 0.2) is 5.82 Å². The zero-order chi connectivity index (χ0) is 19.7. The highest BCUT2D eigenvalue weighted by Crippen LogP contribution is 2.26. The van der Waals surface area contributed by atoms with Crippen LogP contribution in [0.25, 0.3) is 5.82 Å². The number of hydrogen-bond donors (Lipinski definition) is 1. The zero-order valence-electron chi connectivity index (χ0n) is 15.4. The highest BCUT2D eigenvalue weighted by molar-refractivity contribution is 7.89. The van der Waals surface area contributed by atoms with Gasteiger partial charge in [0.1, 0.15) is 16.5 Å². The molecule has 0 radical (unpaired) electrons. The van der Waals surface area contributed by atoms with Gasteiger partial charge in [-0.25, -0.2) is 23.5 Å². The van der Waals surface area contributed by atoms with E-state index in [0.717, 1.165) is 17.5 Å². The van der Waals surface area contributed by atoms with Crippen LogP contribution in [-0.4, -0.2) is 54.1 Å². The molecule has 9 nitrogen and oxygen atoms in total. The maximum absolute atomic E-state index is 11.9. The van der Waals surface area contributed by atoms with E-state index in [0.29, 0.717) is 31.9 Å². The van der Waals surface area contributed by atoms with Gasteiger partial charge in [-0.3, -0.25) is 9.55 Å². The first-order valence-electron chi connectivity index (χ1n) is 8.87. The van der Waals surface area contributed by atoms with Crippen LogP contribution in [-0.2, 0) is 10.0 Å². The number of hydrogen-bond acceptors (Lipinski definition) is 7. The Morgan fingerprint density at radius 1 is 1.00 bits per heavy atom. The smallest absolute Gasteiger partial charge is 0.240 e. The molecule has 0 saturated carbocycles. The van der Waals surface area contributed by atoms with E-state index in [2.05, 4.69) is 14.9 Å². The number of anilines is 2. The summed E-state index contributed by atoms with van der Waals surface area (Å²) in [6.07, 6.45) is 7.02. The Balaban J connectivity index is 1.52. The van der Waals surface area contributed by atoms with Gasteiger partial charge in [0, 0.05) is 38.6 Å². The number of aryl methyl sites for hydroxylation is 1. The summed E-state index contributed by atoms with van der Waals surface area (Å²) >= 11 is 0. The monoisotopic (exact) mass is 399 g/mol. The summed E-state index contributed by atoms with van der Waals surface area (Å²) in [6.45, 7) is 4.61. The quantitative estimate of drug-likeness (QED) is 0.695. The third-order valence-electron chi connectivity index (χ3n) is 4.80. The molecule has 0 bridgehead atoms. The molecule has 1 fully saturated rings. The molecule has 1 aromatic carbocycles. The minimum absolute atomic E-state index is 0.154. The molecule has 1 aliphatic rings. The second-order valence-electron chi connectivity index (χ2n) is 6.57. The van der Waals surface area contributed by atoms with E-state index in [4.69, 9.17) is 10.1 Å². The molecule has 1 aliphatic heterocycles. The molecule has 2 aromatic heterocycles. The molecular formula is C18H21N7O2S. The van der Waals surface area contributed by atoms with Crippen molar-refractivity contribution in [1.29, 1.82) is 0 Å². The average Bonchev–Trinajstić information content (AvgIpc) is 3.13. The predicted octanol–water partition coefficient (Wildman–Crippen LogP) is 0.945. The first kappa shape index (κ1) is 18.4. The van der Waals surface area contributed by atoms with Crippen molar-refractivity contribution in [1.82, 2.24) is 19.5 Å². The van der Waals surface area contributed by atoms with Crippen LogP contribution in [0.2, 0.25) is 0 Å². The molecule has 0 spiro atoms. The van der Waals surface area contributed by atoms with Crippen molar-refractivity contribution in [3.8, 4) is 5.82 Å². The second-order valence-corrected chi connectivity index (χ2v) is 8.10. The fourth-order valence-corrected chi connectivity index (χ4v) is 4.13. The summed E-state index contributed by atoms with van der Waals surface area (Å²) in [5.41, 5.74) is 0.638. The first-order chi connectivity index (χ1) is 13.4. The van der Waals surface area contributed by atoms with Gasteiger partial charge in [-0.2, -0.15) is 0 Å². The number of benzene rings is 1. The summed E-state index contributed by atoms with van der Waals surface area (Å²) in [4.78, 5) is 17.6. The van der Waals surface area contributed by atoms with Crippen molar-refractivity contribution >= 4 is 21.5 Å². The van der Waals surface area contributed by atoms with Gasteiger partial charge in [0.2, 0.25) is 10.0 Å². The van der Waals surface area contributed by atoms with E-state index in [1.807, 2.05) is 28.7 Å². The lowest BCUT2D eigenvalue weighted by atomic mass is 10.2. The number of piperazine rings is 1. The number of para-hydroxylation sites is 1. The summed E-state index contributed by atoms with van der Waals surface area (Å²) in [5.74, 6) is 2.34. The molecule has 2 N–H and O–H groups in total. The number of sulfonamides is 1. The van der Waals surface area contributed by atoms with Gasteiger partial charge in [-0.05, 0) is 19.1 Å². The lowest BCUT2D eigenvalue weighted by Gasteiger charge is -2.37. The van der Waals surface area contributed by atoms with Crippen LogP contribution in [0.4, 0.5) is 11.5 Å². The van der Waals surface area contributed by atoms with Crippen LogP contribution >= 0.6 is 0 Å². The Kier molecular flexibility index (Phi) is 4.73. The van der Waals surface area contributed by atoms with Crippen molar-refractivity contribution in [3.63, 3.8) is 0 Å². The Morgan fingerprint density at radius 3 is 2.36 bits per heavy atom. The lowest BCUT2D eigenvalue weighted by Crippen LogP contribution is -2.47. The number of aromatic nitrogens is 4. The summed E-state index contributed by atoms with van der Waals surface area (Å²) in [6, 6.07) is 6.83. The van der Waals surface area contributed by atoms with Crippen LogP contribution in [0.3, 0.4) is 0 Å². The Morgan fingerprint density at radius 2 is 1.68 bits per heavy atom. The van der Waals surface area contributed by atoms with E-state index in [-0.39, 0.29) is 4.90 Å². The number of primary sulfonamides is 1. The summed E-state index contributed by atoms with van der Waals surface area (Å²) < 4.78 is 25.6. The highest BCUT2D eigenvalue weighted by atomic mass is 32.2. The molecule has 0 aliphatic carbocycles. The lowest BCUT2D eigenvalue weighted by molar-refractivity contribution is 0.595. The van der Waals surface area contributed by atoms with Gasteiger partial charge < -0.3 is 9.80 Å². The van der Waals surface area contributed by atoms with E-state index in [1.165, 1.54) is 0 Å². The molecule has 10 heteroatoms. The van der Waals surface area contributed by atoms with E-state index >= 15 is 0 Å². The number of nitrogens with two attached hydrogens (primary N) is 1. The van der Waals surface area contributed by atoms with Crippen molar-refractivity contribution in [3.05, 3.63) is 54.9 Å². The zero-order valence-corrected chi connectivity index (χ0v) is 16.2. The maximum atomic E-state index is 11.9. The molecule has 3 heterocycles. The number of rotatable bonds is 4. The van der Waals surface area contributed by atoms with Crippen molar-refractivity contribution in [2.45, 2.75) is 11.8 Å². The van der Waals surface area contributed by atoms with Crippen LogP contribution in [0, 0.1) is 6.92 Å². The largest absolute Gasteiger partial charge is 0.367 e. The third-order valence-corrected chi connectivity index (χ3v) is 5.76. The SMILES string of the molecule is Cc1nccn1-c1cncc(N2CCN(c3ccccc3S(N)(=O)=O)CC2)n1. The van der Waals surface area contributed by atoms with Gasteiger partial charge in [-0.15, -0.1) is 0 Å². The molecule has 1 saturated heterocycles. The molecule has 4 rings (SSSR count). The second kappa shape index (κ2) is 7.21. The van der Waals surface area contributed by atoms with E-state index in [1.54, 1.807) is 36.8 Å². The van der Waals surface area contributed by atoms with Gasteiger partial charge in [0.05, 0.1) is 18.1 Å². The fraction of sp³-hybridized carbons (Fsp3) is 0.278. The Bertz CT molecular complexity index is 1090. The minimum Gasteiger partial charge on any atom is -0.367 e. The fourth-order valence-electron chi connectivity index (χ4n) is 3.37. The highest BCUT2D eigenvalue weighted by Gasteiger charge is 2.23. The third kappa shape index (κ3) is 3.56. The van der Waals surface area contributed by atoms with Crippen molar-refractivity contribution in [2.75, 3.05) is 36.0 Å². The topological polar surface area (TPSA) is 110 Å². The van der Waals surface area contributed by atoms with Crippen molar-refractivity contribution < 1.29 is 8.42 Å². The summed E-state index contributed by atoms with van der Waals surface area (Å²) in [5, 5.41) is 5.37. The molecule has 146 valence electrons. The van der Waals surface area contributed by atoms with Gasteiger partial charge in [-0.1, -0.05) is 12.1 Å². The van der Waals surface area contributed by atoms with Crippen LogP contribution in [0.5, 0.6) is 0 Å². The average molecular weight is 399 g/mol. The molecule has 0 amide bonds. The van der Waals surface area contributed by atoms with Crippen LogP contribution in [0.15, 0.2) is 53.9 Å². The van der Waals surface area contributed by atoms with Crippen LogP contribution in [0.1, 0.15) is 5.82 Å². The number of nitrogens with zero attached hydrogens (tertiary/aromatic N) is 6. The predicted molar refractivity (Wildman–Crippen MR) is 106 cm³/mol. The van der Waals surface area contributed by atoms with Crippen LogP contribution < -0.4 is 14.9 Å². The Hall–Kier alpha value is -2.98.